The van der Waals surface area contributed by atoms with Gasteiger partial charge in [-0.1, -0.05) is 0 Å². The van der Waals surface area contributed by atoms with Crippen LogP contribution < -0.4 is 5.73 Å². The van der Waals surface area contributed by atoms with Crippen LogP contribution in [0.4, 0.5) is 0 Å². The van der Waals surface area contributed by atoms with Gasteiger partial charge in [-0.05, 0) is 18.8 Å². The molecule has 0 bridgehead atoms. The average Bonchev–Trinajstić information content (AvgIpc) is 3.14. The third-order valence-electron chi connectivity index (χ3n) is 3.05. The Morgan fingerprint density at radius 3 is 2.67 bits per heavy atom. The summed E-state index contributed by atoms with van der Waals surface area (Å²) < 4.78 is 10.6. The van der Waals surface area contributed by atoms with Crippen LogP contribution in [0.15, 0.2) is 0 Å². The van der Waals surface area contributed by atoms with E-state index in [1.807, 2.05) is 0 Å². The maximum absolute atomic E-state index is 11.7. The highest BCUT2D eigenvalue weighted by molar-refractivity contribution is 5.85. The second kappa shape index (κ2) is 9.55. The molecule has 1 amide bonds. The van der Waals surface area contributed by atoms with Gasteiger partial charge < -0.3 is 20.1 Å². The highest BCUT2D eigenvalue weighted by Crippen LogP contribution is 2.28. The van der Waals surface area contributed by atoms with Crippen molar-refractivity contribution in [1.29, 1.82) is 0 Å². The van der Waals surface area contributed by atoms with E-state index in [0.717, 1.165) is 12.5 Å². The zero-order valence-corrected chi connectivity index (χ0v) is 12.1. The number of hydrogen-bond donors (Lipinski definition) is 1. The lowest BCUT2D eigenvalue weighted by atomic mass is 10.2. The van der Waals surface area contributed by atoms with Crippen LogP contribution >= 0.6 is 12.4 Å². The Morgan fingerprint density at radius 1 is 1.50 bits per heavy atom. The van der Waals surface area contributed by atoms with Crippen LogP contribution in [0.5, 0.6) is 0 Å². The number of nitrogens with two attached hydrogens (primary N) is 1. The highest BCUT2D eigenvalue weighted by atomic mass is 35.5. The monoisotopic (exact) mass is 280 g/mol. The summed E-state index contributed by atoms with van der Waals surface area (Å²) >= 11 is 0. The standard InChI is InChI=1S/C12H24N2O3.ClH/c1-14(5-6-17-9-10-3-4-10)12(15)7-11(8-13)16-2;/h10-11H,3-9,13H2,1-2H3;1H. The number of methoxy groups -OCH3 is 1. The molecule has 1 unspecified atom stereocenters. The summed E-state index contributed by atoms with van der Waals surface area (Å²) in [7, 11) is 3.36. The molecular formula is C12H25ClN2O3. The predicted octanol–water partition coefficient (Wildman–Crippen LogP) is 0.657. The first-order chi connectivity index (χ1) is 8.17. The van der Waals surface area contributed by atoms with E-state index in [-0.39, 0.29) is 24.4 Å². The Morgan fingerprint density at radius 2 is 2.17 bits per heavy atom. The van der Waals surface area contributed by atoms with Gasteiger partial charge in [0.2, 0.25) is 5.91 Å². The van der Waals surface area contributed by atoms with E-state index in [2.05, 4.69) is 0 Å². The quantitative estimate of drug-likeness (QED) is 0.630. The molecule has 0 aromatic carbocycles. The fraction of sp³-hybridized carbons (Fsp3) is 0.917. The number of likely N-dealkylation sites (N-methyl/N-ethyl adjacent to an activating group) is 1. The van der Waals surface area contributed by atoms with Gasteiger partial charge in [-0.15, -0.1) is 12.4 Å². The van der Waals surface area contributed by atoms with Crippen molar-refractivity contribution in [3.05, 3.63) is 0 Å². The molecule has 2 N–H and O–H groups in total. The zero-order valence-electron chi connectivity index (χ0n) is 11.3. The van der Waals surface area contributed by atoms with Crippen LogP contribution in [0.1, 0.15) is 19.3 Å². The Bertz CT molecular complexity index is 233. The van der Waals surface area contributed by atoms with Crippen LogP contribution in [0.25, 0.3) is 0 Å². The maximum Gasteiger partial charge on any atom is 0.225 e. The van der Waals surface area contributed by atoms with Gasteiger partial charge in [0.1, 0.15) is 0 Å². The third-order valence-corrected chi connectivity index (χ3v) is 3.05. The molecule has 0 saturated heterocycles. The summed E-state index contributed by atoms with van der Waals surface area (Å²) in [6, 6.07) is 0. The van der Waals surface area contributed by atoms with Crippen LogP contribution in [0.2, 0.25) is 0 Å². The average molecular weight is 281 g/mol. The van der Waals surface area contributed by atoms with E-state index in [9.17, 15) is 4.79 Å². The van der Waals surface area contributed by atoms with Gasteiger partial charge in [-0.3, -0.25) is 4.79 Å². The minimum atomic E-state index is -0.183. The molecule has 0 radical (unpaired) electrons. The molecule has 6 heteroatoms. The van der Waals surface area contributed by atoms with Crippen LogP contribution in [-0.2, 0) is 14.3 Å². The summed E-state index contributed by atoms with van der Waals surface area (Å²) in [6.07, 6.45) is 2.74. The Hall–Kier alpha value is -0.360. The van der Waals surface area contributed by atoms with E-state index in [1.54, 1.807) is 19.1 Å². The molecule has 0 aliphatic heterocycles. The minimum Gasteiger partial charge on any atom is -0.380 e. The lowest BCUT2D eigenvalue weighted by Gasteiger charge is -2.20. The molecule has 1 atom stereocenters. The number of amides is 1. The molecule has 1 aliphatic carbocycles. The number of carbonyl (C=O) groups is 1. The van der Waals surface area contributed by atoms with Gasteiger partial charge in [0.15, 0.2) is 0 Å². The number of ether oxygens (including phenoxy) is 2. The first kappa shape index (κ1) is 17.6. The number of halogens is 1. The summed E-state index contributed by atoms with van der Waals surface area (Å²) in [6.45, 7) is 2.45. The van der Waals surface area contributed by atoms with Crippen LogP contribution in [0, 0.1) is 5.92 Å². The maximum atomic E-state index is 11.7. The molecule has 0 heterocycles. The predicted molar refractivity (Wildman–Crippen MR) is 72.9 cm³/mol. The number of nitrogens with zero attached hydrogens (tertiary/aromatic N) is 1. The minimum absolute atomic E-state index is 0. The van der Waals surface area contributed by atoms with Crippen LogP contribution in [0.3, 0.4) is 0 Å². The van der Waals surface area contributed by atoms with E-state index < -0.39 is 0 Å². The normalized spacial score (nSPS) is 15.9. The van der Waals surface area contributed by atoms with Gasteiger partial charge in [-0.25, -0.2) is 0 Å². The first-order valence-corrected chi connectivity index (χ1v) is 6.22. The van der Waals surface area contributed by atoms with Gasteiger partial charge in [0.25, 0.3) is 0 Å². The van der Waals surface area contributed by atoms with Crippen LogP contribution in [-0.4, -0.2) is 57.4 Å². The van der Waals surface area contributed by atoms with Crippen molar-refractivity contribution in [3.63, 3.8) is 0 Å². The van der Waals surface area contributed by atoms with Crippen molar-refractivity contribution < 1.29 is 14.3 Å². The molecular weight excluding hydrogens is 256 g/mol. The van der Waals surface area contributed by atoms with Gasteiger partial charge >= 0.3 is 0 Å². The summed E-state index contributed by atoms with van der Waals surface area (Å²) in [5, 5.41) is 0. The van der Waals surface area contributed by atoms with Gasteiger partial charge in [0.05, 0.1) is 19.1 Å². The van der Waals surface area contributed by atoms with Crippen molar-refractivity contribution in [1.82, 2.24) is 4.90 Å². The Kier molecular flexibility index (Phi) is 9.36. The molecule has 1 aliphatic rings. The van der Waals surface area contributed by atoms with E-state index in [4.69, 9.17) is 15.2 Å². The number of hydrogen-bond acceptors (Lipinski definition) is 4. The van der Waals surface area contributed by atoms with Gasteiger partial charge in [0, 0.05) is 33.9 Å². The molecule has 18 heavy (non-hydrogen) atoms. The van der Waals surface area contributed by atoms with Crippen molar-refractivity contribution in [2.24, 2.45) is 11.7 Å². The van der Waals surface area contributed by atoms with Crippen molar-refractivity contribution >= 4 is 18.3 Å². The van der Waals surface area contributed by atoms with Crippen molar-refractivity contribution in [2.45, 2.75) is 25.4 Å². The van der Waals surface area contributed by atoms with Crippen molar-refractivity contribution in [3.8, 4) is 0 Å². The number of carbonyl (C=O) groups excluding carboxylic acids is 1. The Balaban J connectivity index is 0.00000289. The molecule has 0 aromatic heterocycles. The molecule has 108 valence electrons. The SMILES string of the molecule is COC(CN)CC(=O)N(C)CCOCC1CC1.Cl. The topological polar surface area (TPSA) is 64.8 Å². The van der Waals surface area contributed by atoms with E-state index in [0.29, 0.717) is 26.1 Å². The third kappa shape index (κ3) is 7.16. The molecule has 1 saturated carbocycles. The van der Waals surface area contributed by atoms with Gasteiger partial charge in [-0.2, -0.15) is 0 Å². The summed E-state index contributed by atoms with van der Waals surface area (Å²) in [4.78, 5) is 13.4. The Labute approximate surface area is 115 Å². The summed E-state index contributed by atoms with van der Waals surface area (Å²) in [5.74, 6) is 0.823. The molecule has 0 aromatic rings. The lowest BCUT2D eigenvalue weighted by Crippen LogP contribution is -2.35. The van der Waals surface area contributed by atoms with E-state index >= 15 is 0 Å². The second-order valence-electron chi connectivity index (χ2n) is 4.63. The molecule has 5 nitrogen and oxygen atoms in total. The fourth-order valence-electron chi connectivity index (χ4n) is 1.47. The second-order valence-corrected chi connectivity index (χ2v) is 4.63. The van der Waals surface area contributed by atoms with E-state index in [1.165, 1.54) is 12.8 Å². The molecule has 1 rings (SSSR count). The van der Waals surface area contributed by atoms with Crippen molar-refractivity contribution in [2.75, 3.05) is 40.5 Å². The lowest BCUT2D eigenvalue weighted by molar-refractivity contribution is -0.133. The fourth-order valence-corrected chi connectivity index (χ4v) is 1.47. The summed E-state index contributed by atoms with van der Waals surface area (Å²) in [5.41, 5.74) is 5.47. The first-order valence-electron chi connectivity index (χ1n) is 6.22. The highest BCUT2D eigenvalue weighted by Gasteiger charge is 2.21. The number of rotatable bonds is 9. The smallest absolute Gasteiger partial charge is 0.225 e. The largest absolute Gasteiger partial charge is 0.380 e. The zero-order chi connectivity index (χ0) is 12.7. The molecule has 1 fully saturated rings. The molecule has 0 spiro atoms.